The third-order valence-electron chi connectivity index (χ3n) is 2.35. The molecule has 0 spiro atoms. The third kappa shape index (κ3) is 2.86. The van der Waals surface area contributed by atoms with Gasteiger partial charge in [-0.25, -0.2) is 5.01 Å². The number of hydrazine groups is 1. The molecule has 0 saturated heterocycles. The van der Waals surface area contributed by atoms with Gasteiger partial charge in [-0.2, -0.15) is 0 Å². The van der Waals surface area contributed by atoms with Crippen LogP contribution in [-0.4, -0.2) is 30.2 Å². The van der Waals surface area contributed by atoms with Gasteiger partial charge >= 0.3 is 0 Å². The largest absolute Gasteiger partial charge is 0.316 e. The first-order chi connectivity index (χ1) is 5.84. The highest BCUT2D eigenvalue weighted by atomic mass is 15.6. The maximum atomic E-state index is 2.37. The lowest BCUT2D eigenvalue weighted by molar-refractivity contribution is 0.0779. The summed E-state index contributed by atoms with van der Waals surface area (Å²) in [5.41, 5.74) is 0. The molecule has 0 unspecified atom stereocenters. The van der Waals surface area contributed by atoms with E-state index in [1.807, 2.05) is 0 Å². The molecule has 0 aromatic heterocycles. The van der Waals surface area contributed by atoms with E-state index in [2.05, 4.69) is 36.3 Å². The van der Waals surface area contributed by atoms with Crippen LogP contribution in [-0.2, 0) is 0 Å². The fraction of sp³-hybridized carbons (Fsp3) is 0.800. The van der Waals surface area contributed by atoms with Crippen LogP contribution in [0.4, 0.5) is 0 Å². The fourth-order valence-corrected chi connectivity index (χ4v) is 1.51. The summed E-state index contributed by atoms with van der Waals surface area (Å²) in [6.07, 6.45) is 9.76. The van der Waals surface area contributed by atoms with Crippen molar-refractivity contribution in [3.8, 4) is 0 Å². The fourth-order valence-electron chi connectivity index (χ4n) is 1.51. The van der Waals surface area contributed by atoms with Crippen molar-refractivity contribution in [2.45, 2.75) is 32.6 Å². The number of hydrogen-bond donors (Lipinski definition) is 0. The summed E-state index contributed by atoms with van der Waals surface area (Å²) in [5, 5.41) is 4.56. The molecule has 1 aliphatic rings. The first-order valence-electron chi connectivity index (χ1n) is 4.99. The van der Waals surface area contributed by atoms with Gasteiger partial charge in [0.15, 0.2) is 0 Å². The van der Waals surface area contributed by atoms with E-state index in [9.17, 15) is 0 Å². The highest BCUT2D eigenvalue weighted by Crippen LogP contribution is 2.07. The van der Waals surface area contributed by atoms with Crippen LogP contribution in [0, 0.1) is 0 Å². The maximum absolute atomic E-state index is 2.37. The molecule has 1 rings (SSSR count). The molecule has 2 nitrogen and oxygen atoms in total. The second-order valence-electron chi connectivity index (χ2n) is 3.43. The summed E-state index contributed by atoms with van der Waals surface area (Å²) < 4.78 is 0. The quantitative estimate of drug-likeness (QED) is 0.581. The molecule has 0 atom stereocenters. The minimum absolute atomic E-state index is 1.10. The van der Waals surface area contributed by atoms with Crippen molar-refractivity contribution >= 4 is 0 Å². The van der Waals surface area contributed by atoms with E-state index >= 15 is 0 Å². The average molecular weight is 168 g/mol. The van der Waals surface area contributed by atoms with Crippen molar-refractivity contribution in [2.24, 2.45) is 0 Å². The Morgan fingerprint density at radius 3 is 2.67 bits per heavy atom. The van der Waals surface area contributed by atoms with Crippen LogP contribution in [0.25, 0.3) is 0 Å². The lowest BCUT2D eigenvalue weighted by atomic mass is 10.2. The van der Waals surface area contributed by atoms with Crippen molar-refractivity contribution in [1.29, 1.82) is 0 Å². The molecule has 1 heterocycles. The number of rotatable bonds is 5. The molecule has 0 aromatic carbocycles. The first-order valence-corrected chi connectivity index (χ1v) is 4.99. The molecular weight excluding hydrogens is 148 g/mol. The van der Waals surface area contributed by atoms with Gasteiger partial charge in [0.1, 0.15) is 0 Å². The smallest absolute Gasteiger partial charge is 0.0378 e. The standard InChI is InChI=1S/C10H20N2/c1-3-4-5-6-9-12-10-7-8-11(12)2/h7-8H,3-6,9-10H2,1-2H3. The summed E-state index contributed by atoms with van der Waals surface area (Å²) in [7, 11) is 2.11. The first kappa shape index (κ1) is 9.59. The van der Waals surface area contributed by atoms with Crippen LogP contribution in [0.5, 0.6) is 0 Å². The van der Waals surface area contributed by atoms with Crippen LogP contribution in [0.1, 0.15) is 32.6 Å². The summed E-state index contributed by atoms with van der Waals surface area (Å²) in [6.45, 7) is 4.57. The minimum atomic E-state index is 1.10. The van der Waals surface area contributed by atoms with Gasteiger partial charge in [-0.15, -0.1) is 0 Å². The van der Waals surface area contributed by atoms with Crippen LogP contribution in [0.2, 0.25) is 0 Å². The molecule has 0 aromatic rings. The van der Waals surface area contributed by atoms with Crippen molar-refractivity contribution in [3.05, 3.63) is 12.3 Å². The highest BCUT2D eigenvalue weighted by molar-refractivity contribution is 4.89. The zero-order chi connectivity index (χ0) is 8.81. The van der Waals surface area contributed by atoms with Gasteiger partial charge in [0, 0.05) is 26.3 Å². The monoisotopic (exact) mass is 168 g/mol. The molecular formula is C10H20N2. The average Bonchev–Trinajstić information content (AvgIpc) is 2.46. The molecule has 12 heavy (non-hydrogen) atoms. The Labute approximate surface area is 75.8 Å². The van der Waals surface area contributed by atoms with Crippen LogP contribution in [0.15, 0.2) is 12.3 Å². The zero-order valence-corrected chi connectivity index (χ0v) is 8.29. The maximum Gasteiger partial charge on any atom is 0.0378 e. The van der Waals surface area contributed by atoms with Gasteiger partial charge in [0.25, 0.3) is 0 Å². The summed E-state index contributed by atoms with van der Waals surface area (Å²) >= 11 is 0. The van der Waals surface area contributed by atoms with E-state index in [1.165, 1.54) is 32.2 Å². The van der Waals surface area contributed by atoms with Crippen molar-refractivity contribution < 1.29 is 0 Å². The molecule has 2 heteroatoms. The molecule has 70 valence electrons. The van der Waals surface area contributed by atoms with Crippen molar-refractivity contribution in [3.63, 3.8) is 0 Å². The molecule has 1 aliphatic heterocycles. The van der Waals surface area contributed by atoms with Crippen LogP contribution < -0.4 is 0 Å². The Morgan fingerprint density at radius 2 is 2.08 bits per heavy atom. The van der Waals surface area contributed by atoms with E-state index < -0.39 is 0 Å². The van der Waals surface area contributed by atoms with Gasteiger partial charge in [0.2, 0.25) is 0 Å². The van der Waals surface area contributed by atoms with E-state index in [0.717, 1.165) is 6.54 Å². The van der Waals surface area contributed by atoms with Gasteiger partial charge in [0.05, 0.1) is 0 Å². The Hall–Kier alpha value is -0.500. The number of unbranched alkanes of at least 4 members (excludes halogenated alkanes) is 3. The Bertz CT molecular complexity index is 143. The van der Waals surface area contributed by atoms with E-state index in [0.29, 0.717) is 0 Å². The molecule has 0 aliphatic carbocycles. The second kappa shape index (κ2) is 5.20. The van der Waals surface area contributed by atoms with Gasteiger partial charge < -0.3 is 5.01 Å². The lowest BCUT2D eigenvalue weighted by Crippen LogP contribution is -2.32. The van der Waals surface area contributed by atoms with Crippen LogP contribution in [0.3, 0.4) is 0 Å². The van der Waals surface area contributed by atoms with E-state index in [1.54, 1.807) is 0 Å². The van der Waals surface area contributed by atoms with Crippen molar-refractivity contribution in [2.75, 3.05) is 20.1 Å². The Kier molecular flexibility index (Phi) is 4.15. The summed E-state index contributed by atoms with van der Waals surface area (Å²) in [4.78, 5) is 0. The van der Waals surface area contributed by atoms with Gasteiger partial charge in [-0.1, -0.05) is 32.3 Å². The van der Waals surface area contributed by atoms with E-state index in [4.69, 9.17) is 0 Å². The van der Waals surface area contributed by atoms with E-state index in [-0.39, 0.29) is 0 Å². The predicted molar refractivity (Wildman–Crippen MR) is 52.6 cm³/mol. The SMILES string of the molecule is CCCCCCN1CC=CN1C. The Balaban J connectivity index is 2.00. The third-order valence-corrected chi connectivity index (χ3v) is 2.35. The topological polar surface area (TPSA) is 6.48 Å². The molecule has 0 bridgehead atoms. The number of nitrogens with zero attached hydrogens (tertiary/aromatic N) is 2. The van der Waals surface area contributed by atoms with Gasteiger partial charge in [-0.05, 0) is 6.42 Å². The molecule has 0 N–H and O–H groups in total. The molecule has 0 radical (unpaired) electrons. The van der Waals surface area contributed by atoms with Crippen molar-refractivity contribution in [1.82, 2.24) is 10.0 Å². The number of hydrogen-bond acceptors (Lipinski definition) is 2. The summed E-state index contributed by atoms with van der Waals surface area (Å²) in [6, 6.07) is 0. The molecule has 0 saturated carbocycles. The zero-order valence-electron chi connectivity index (χ0n) is 8.29. The second-order valence-corrected chi connectivity index (χ2v) is 3.43. The predicted octanol–water partition coefficient (Wildman–Crippen LogP) is 2.24. The van der Waals surface area contributed by atoms with Crippen LogP contribution >= 0.6 is 0 Å². The highest BCUT2D eigenvalue weighted by Gasteiger charge is 2.09. The minimum Gasteiger partial charge on any atom is -0.316 e. The summed E-state index contributed by atoms with van der Waals surface area (Å²) in [5.74, 6) is 0. The lowest BCUT2D eigenvalue weighted by Gasteiger charge is -2.24. The molecule has 0 fully saturated rings. The normalized spacial score (nSPS) is 17.7. The Morgan fingerprint density at radius 1 is 1.25 bits per heavy atom. The molecule has 0 amide bonds. The van der Waals surface area contributed by atoms with Gasteiger partial charge in [-0.3, -0.25) is 0 Å².